The third-order valence-electron chi connectivity index (χ3n) is 3.60. The molecule has 0 aliphatic carbocycles. The minimum absolute atomic E-state index is 0.299. The maximum atomic E-state index is 11.8. The third kappa shape index (κ3) is 1.96. The van der Waals surface area contributed by atoms with Gasteiger partial charge in [0.2, 0.25) is 5.60 Å². The molecule has 2 heterocycles. The van der Waals surface area contributed by atoms with Crippen LogP contribution in [0.15, 0.2) is 15.8 Å². The highest BCUT2D eigenvalue weighted by atomic mass is 16.6. The van der Waals surface area contributed by atoms with Crippen LogP contribution in [0.1, 0.15) is 18.7 Å². The molecule has 0 spiro atoms. The maximum Gasteiger partial charge on any atom is 0.330 e. The molecule has 3 N–H and O–H groups in total. The van der Waals surface area contributed by atoms with Crippen molar-refractivity contribution in [2.45, 2.75) is 31.8 Å². The fraction of sp³-hybridized carbons (Fsp3) is 0.583. The van der Waals surface area contributed by atoms with Gasteiger partial charge in [-0.05, 0) is 6.92 Å². The van der Waals surface area contributed by atoms with Crippen molar-refractivity contribution in [2.75, 3.05) is 6.61 Å². The third-order valence-corrected chi connectivity index (χ3v) is 3.60. The molecule has 0 saturated carbocycles. The molecule has 0 amide bonds. The van der Waals surface area contributed by atoms with E-state index in [0.717, 1.165) is 4.57 Å². The molecule has 108 valence electrons. The molecule has 2 rings (SSSR count). The molecular formula is C12H15N3O5. The van der Waals surface area contributed by atoms with Gasteiger partial charge in [-0.3, -0.25) is 14.3 Å². The van der Waals surface area contributed by atoms with Crippen LogP contribution >= 0.6 is 0 Å². The number of H-pyrrole nitrogens is 1. The van der Waals surface area contributed by atoms with E-state index in [1.165, 1.54) is 13.1 Å². The van der Waals surface area contributed by atoms with E-state index in [2.05, 4.69) is 4.98 Å². The number of aromatic nitrogens is 2. The lowest BCUT2D eigenvalue weighted by Crippen LogP contribution is -2.43. The summed E-state index contributed by atoms with van der Waals surface area (Å²) in [6.07, 6.45) is -0.888. The Bertz CT molecular complexity index is 673. The van der Waals surface area contributed by atoms with Crippen LogP contribution in [-0.2, 0) is 4.74 Å². The smallest absolute Gasteiger partial charge is 0.330 e. The Hall–Kier alpha value is -1.95. The molecule has 0 aromatic carbocycles. The van der Waals surface area contributed by atoms with Crippen LogP contribution in [0.25, 0.3) is 0 Å². The van der Waals surface area contributed by atoms with Crippen LogP contribution in [-0.4, -0.2) is 38.1 Å². The summed E-state index contributed by atoms with van der Waals surface area (Å²) in [7, 11) is 0. The molecule has 1 fully saturated rings. The molecule has 1 saturated heterocycles. The van der Waals surface area contributed by atoms with E-state index in [9.17, 15) is 19.8 Å². The second kappa shape index (κ2) is 4.86. The lowest BCUT2D eigenvalue weighted by Gasteiger charge is -2.21. The molecular weight excluding hydrogens is 266 g/mol. The molecule has 1 unspecified atom stereocenters. The van der Waals surface area contributed by atoms with E-state index < -0.39 is 41.7 Å². The lowest BCUT2D eigenvalue weighted by molar-refractivity contribution is -0.0932. The zero-order chi connectivity index (χ0) is 15.1. The number of aliphatic hydroxyl groups is 2. The number of hydrogen-bond donors (Lipinski definition) is 3. The second-order valence-electron chi connectivity index (χ2n) is 4.95. The summed E-state index contributed by atoms with van der Waals surface area (Å²) < 4.78 is 6.52. The van der Waals surface area contributed by atoms with Gasteiger partial charge < -0.3 is 14.9 Å². The van der Waals surface area contributed by atoms with Gasteiger partial charge in [-0.1, -0.05) is 6.92 Å². The molecule has 0 radical (unpaired) electrons. The molecule has 20 heavy (non-hydrogen) atoms. The highest BCUT2D eigenvalue weighted by Gasteiger charge is 2.54. The fourth-order valence-electron chi connectivity index (χ4n) is 2.32. The average Bonchev–Trinajstić information content (AvgIpc) is 2.68. The summed E-state index contributed by atoms with van der Waals surface area (Å²) >= 11 is 0. The van der Waals surface area contributed by atoms with Crippen molar-refractivity contribution in [1.82, 2.24) is 9.55 Å². The number of aryl methyl sites for hydroxylation is 1. The van der Waals surface area contributed by atoms with Crippen LogP contribution < -0.4 is 11.2 Å². The van der Waals surface area contributed by atoms with E-state index in [4.69, 9.17) is 10.00 Å². The van der Waals surface area contributed by atoms with E-state index in [1.54, 1.807) is 13.0 Å². The summed E-state index contributed by atoms with van der Waals surface area (Å²) in [5.74, 6) is -0.607. The molecule has 8 nitrogen and oxygen atoms in total. The van der Waals surface area contributed by atoms with E-state index in [0.29, 0.717) is 5.56 Å². The fourth-order valence-corrected chi connectivity index (χ4v) is 2.32. The predicted octanol–water partition coefficient (Wildman–Crippen LogP) is -1.37. The van der Waals surface area contributed by atoms with Gasteiger partial charge in [0.25, 0.3) is 5.56 Å². The first-order chi connectivity index (χ1) is 9.36. The largest absolute Gasteiger partial charge is 0.392 e. The SMILES string of the molecule is Cc1cn([C@@H]2O[C@](C#N)(CO)[C@@H](O)C2C)c(=O)[nH]c1=O. The summed E-state index contributed by atoms with van der Waals surface area (Å²) in [6, 6.07) is 1.74. The van der Waals surface area contributed by atoms with Gasteiger partial charge in [-0.2, -0.15) is 5.26 Å². The van der Waals surface area contributed by atoms with Crippen LogP contribution in [0.4, 0.5) is 0 Å². The van der Waals surface area contributed by atoms with Crippen molar-refractivity contribution in [3.05, 3.63) is 32.6 Å². The predicted molar refractivity (Wildman–Crippen MR) is 66.8 cm³/mol. The summed E-state index contributed by atoms with van der Waals surface area (Å²) in [4.78, 5) is 25.3. The van der Waals surface area contributed by atoms with Crippen molar-refractivity contribution >= 4 is 0 Å². The quantitative estimate of drug-likeness (QED) is 0.613. The number of rotatable bonds is 2. The first kappa shape index (κ1) is 14.5. The molecule has 1 aromatic heterocycles. The van der Waals surface area contributed by atoms with Gasteiger partial charge in [-0.15, -0.1) is 0 Å². The minimum Gasteiger partial charge on any atom is -0.392 e. The summed E-state index contributed by atoms with van der Waals surface area (Å²) in [6.45, 7) is 2.42. The standard InChI is InChI=1S/C12H15N3O5/c1-6-3-15(11(19)14-9(6)18)10-7(2)8(17)12(4-13,5-16)20-10/h3,7-8,10,16-17H,5H2,1-2H3,(H,14,18,19)/t7?,8-,10+,12+/m0/s1. The summed E-state index contributed by atoms with van der Waals surface area (Å²) in [5.41, 5.74) is -2.68. The van der Waals surface area contributed by atoms with E-state index in [-0.39, 0.29) is 0 Å². The maximum absolute atomic E-state index is 11.8. The Morgan fingerprint density at radius 3 is 2.75 bits per heavy atom. The van der Waals surface area contributed by atoms with Crippen molar-refractivity contribution in [3.63, 3.8) is 0 Å². The molecule has 1 aromatic rings. The van der Waals surface area contributed by atoms with E-state index in [1.807, 2.05) is 0 Å². The van der Waals surface area contributed by atoms with Crippen LogP contribution in [0.3, 0.4) is 0 Å². The molecule has 0 bridgehead atoms. The Balaban J connectivity index is 2.51. The molecule has 1 aliphatic heterocycles. The Labute approximate surface area is 113 Å². The first-order valence-corrected chi connectivity index (χ1v) is 6.06. The highest BCUT2D eigenvalue weighted by Crippen LogP contribution is 2.40. The minimum atomic E-state index is -1.77. The zero-order valence-electron chi connectivity index (χ0n) is 11.0. The molecule has 1 aliphatic rings. The van der Waals surface area contributed by atoms with Crippen LogP contribution in [0, 0.1) is 24.2 Å². The molecule has 8 heteroatoms. The summed E-state index contributed by atoms with van der Waals surface area (Å²) in [5, 5.41) is 28.4. The lowest BCUT2D eigenvalue weighted by atomic mass is 9.92. The van der Waals surface area contributed by atoms with Gasteiger partial charge in [0.05, 0.1) is 6.61 Å². The number of aromatic amines is 1. The zero-order valence-corrected chi connectivity index (χ0v) is 11.0. The Kier molecular flexibility index (Phi) is 3.52. The van der Waals surface area contributed by atoms with Crippen molar-refractivity contribution in [3.8, 4) is 6.07 Å². The van der Waals surface area contributed by atoms with Crippen molar-refractivity contribution < 1.29 is 14.9 Å². The Morgan fingerprint density at radius 1 is 1.60 bits per heavy atom. The highest BCUT2D eigenvalue weighted by molar-refractivity contribution is 5.13. The van der Waals surface area contributed by atoms with Gasteiger partial charge in [0.1, 0.15) is 18.4 Å². The normalized spacial score (nSPS) is 33.0. The number of nitrogens with zero attached hydrogens (tertiary/aromatic N) is 2. The number of hydrogen-bond acceptors (Lipinski definition) is 6. The number of nitriles is 1. The van der Waals surface area contributed by atoms with Gasteiger partial charge in [0, 0.05) is 17.7 Å². The van der Waals surface area contributed by atoms with Gasteiger partial charge in [-0.25, -0.2) is 4.79 Å². The molecule has 4 atom stereocenters. The van der Waals surface area contributed by atoms with E-state index >= 15 is 0 Å². The average molecular weight is 281 g/mol. The Morgan fingerprint density at radius 2 is 2.25 bits per heavy atom. The van der Waals surface area contributed by atoms with Crippen molar-refractivity contribution in [2.24, 2.45) is 5.92 Å². The van der Waals surface area contributed by atoms with Crippen molar-refractivity contribution in [1.29, 1.82) is 5.26 Å². The topological polar surface area (TPSA) is 128 Å². The second-order valence-corrected chi connectivity index (χ2v) is 4.95. The monoisotopic (exact) mass is 281 g/mol. The number of aliphatic hydroxyl groups excluding tert-OH is 2. The number of nitrogens with one attached hydrogen (secondary N) is 1. The first-order valence-electron chi connectivity index (χ1n) is 6.06. The van der Waals surface area contributed by atoms with Gasteiger partial charge in [0.15, 0.2) is 0 Å². The van der Waals surface area contributed by atoms with Gasteiger partial charge >= 0.3 is 5.69 Å². The van der Waals surface area contributed by atoms with Crippen LogP contribution in [0.2, 0.25) is 0 Å². The van der Waals surface area contributed by atoms with Crippen LogP contribution in [0.5, 0.6) is 0 Å². The number of ether oxygens (including phenoxy) is 1.